The molecule has 6 heteroatoms. The predicted octanol–water partition coefficient (Wildman–Crippen LogP) is 8.82. The molecule has 6 aromatic rings. The van der Waals surface area contributed by atoms with Gasteiger partial charge in [-0.3, -0.25) is 0 Å². The summed E-state index contributed by atoms with van der Waals surface area (Å²) in [5.74, 6) is -0.368. The van der Waals surface area contributed by atoms with Crippen molar-refractivity contribution in [3.63, 3.8) is 0 Å². The number of rotatable bonds is 5. The Kier molecular flexibility index (Phi) is 7.01. The van der Waals surface area contributed by atoms with Crippen LogP contribution in [0, 0.1) is 53.2 Å². The van der Waals surface area contributed by atoms with E-state index in [4.69, 9.17) is 0 Å². The summed E-state index contributed by atoms with van der Waals surface area (Å²) in [7, 11) is 0. The van der Waals surface area contributed by atoms with Crippen LogP contribution in [-0.4, -0.2) is 19.9 Å². The zero-order valence-corrected chi connectivity index (χ0v) is 24.7. The molecule has 210 valence electrons. The highest BCUT2D eigenvalue weighted by molar-refractivity contribution is 5.94. The SMILES string of the molecule is Cc1ccc2c(-c3cc(C)c(F)c(C)c3CCc3ccc4ncnc(-c5cc(C)c(F)c(C)c5C)c4c3)ncnc2c1. The Hall–Kier alpha value is -4.58. The van der Waals surface area contributed by atoms with Crippen molar-refractivity contribution in [2.75, 3.05) is 0 Å². The van der Waals surface area contributed by atoms with Crippen LogP contribution in [0.4, 0.5) is 8.78 Å². The van der Waals surface area contributed by atoms with Gasteiger partial charge >= 0.3 is 0 Å². The summed E-state index contributed by atoms with van der Waals surface area (Å²) in [4.78, 5) is 18.3. The molecule has 0 fully saturated rings. The molecule has 42 heavy (non-hydrogen) atoms. The van der Waals surface area contributed by atoms with Gasteiger partial charge in [0.1, 0.15) is 24.3 Å². The van der Waals surface area contributed by atoms with E-state index in [2.05, 4.69) is 38.1 Å². The molecule has 6 rings (SSSR count). The second kappa shape index (κ2) is 10.7. The molecule has 4 nitrogen and oxygen atoms in total. The molecular weight excluding hydrogens is 526 g/mol. The minimum atomic E-state index is -0.185. The first-order valence-corrected chi connectivity index (χ1v) is 14.1. The van der Waals surface area contributed by atoms with Gasteiger partial charge in [-0.1, -0.05) is 18.2 Å². The van der Waals surface area contributed by atoms with Gasteiger partial charge in [0.25, 0.3) is 0 Å². The van der Waals surface area contributed by atoms with Crippen LogP contribution in [0.3, 0.4) is 0 Å². The lowest BCUT2D eigenvalue weighted by molar-refractivity contribution is 0.606. The van der Waals surface area contributed by atoms with E-state index in [-0.39, 0.29) is 11.6 Å². The van der Waals surface area contributed by atoms with Crippen LogP contribution in [0.1, 0.15) is 44.5 Å². The number of nitrogens with zero attached hydrogens (tertiary/aromatic N) is 4. The number of aryl methyl sites for hydroxylation is 4. The average molecular weight is 559 g/mol. The Morgan fingerprint density at radius 2 is 1.19 bits per heavy atom. The molecule has 0 bridgehead atoms. The fraction of sp³-hybridized carbons (Fsp3) is 0.222. The lowest BCUT2D eigenvalue weighted by atomic mass is 9.90. The third kappa shape index (κ3) is 4.71. The zero-order chi connectivity index (χ0) is 29.7. The number of fused-ring (bicyclic) bond motifs is 2. The van der Waals surface area contributed by atoms with Gasteiger partial charge in [-0.15, -0.1) is 0 Å². The van der Waals surface area contributed by atoms with E-state index >= 15 is 4.39 Å². The van der Waals surface area contributed by atoms with Crippen LogP contribution in [0.2, 0.25) is 0 Å². The number of halogens is 2. The first-order valence-electron chi connectivity index (χ1n) is 14.1. The van der Waals surface area contributed by atoms with Gasteiger partial charge < -0.3 is 0 Å². The topological polar surface area (TPSA) is 51.6 Å². The molecule has 0 aliphatic heterocycles. The molecular formula is C36H32F2N4. The second-order valence-corrected chi connectivity index (χ2v) is 11.3. The van der Waals surface area contributed by atoms with Crippen LogP contribution in [0.5, 0.6) is 0 Å². The minimum absolute atomic E-state index is 0.182. The normalized spacial score (nSPS) is 11.5. The molecule has 2 heterocycles. The molecule has 0 aliphatic carbocycles. The molecule has 0 amide bonds. The predicted molar refractivity (Wildman–Crippen MR) is 166 cm³/mol. The van der Waals surface area contributed by atoms with Crippen LogP contribution in [0.15, 0.2) is 61.2 Å². The average Bonchev–Trinajstić information content (AvgIpc) is 2.99. The lowest BCUT2D eigenvalue weighted by Crippen LogP contribution is -2.04. The Morgan fingerprint density at radius 1 is 0.548 bits per heavy atom. The molecule has 0 unspecified atom stereocenters. The third-order valence-electron chi connectivity index (χ3n) is 8.48. The number of benzene rings is 4. The van der Waals surface area contributed by atoms with E-state index in [0.29, 0.717) is 35.1 Å². The summed E-state index contributed by atoms with van der Waals surface area (Å²) in [6.45, 7) is 11.2. The van der Waals surface area contributed by atoms with Crippen molar-refractivity contribution in [3.8, 4) is 22.5 Å². The van der Waals surface area contributed by atoms with Gasteiger partial charge in [0.2, 0.25) is 0 Å². The maximum Gasteiger partial charge on any atom is 0.129 e. The maximum absolute atomic E-state index is 15.3. The Labute approximate surface area is 244 Å². The van der Waals surface area contributed by atoms with E-state index in [1.54, 1.807) is 33.4 Å². The van der Waals surface area contributed by atoms with Crippen molar-refractivity contribution < 1.29 is 8.78 Å². The van der Waals surface area contributed by atoms with Crippen molar-refractivity contribution in [2.24, 2.45) is 0 Å². The first-order chi connectivity index (χ1) is 20.1. The van der Waals surface area contributed by atoms with Gasteiger partial charge in [-0.25, -0.2) is 28.7 Å². The zero-order valence-electron chi connectivity index (χ0n) is 24.7. The van der Waals surface area contributed by atoms with E-state index in [1.165, 1.54) is 0 Å². The Balaban J connectivity index is 1.43. The van der Waals surface area contributed by atoms with Gasteiger partial charge in [-0.05, 0) is 129 Å². The molecule has 0 N–H and O–H groups in total. The molecule has 0 saturated heterocycles. The molecule has 0 saturated carbocycles. The van der Waals surface area contributed by atoms with Crippen molar-refractivity contribution in [1.29, 1.82) is 0 Å². The Morgan fingerprint density at radius 3 is 1.93 bits per heavy atom. The van der Waals surface area contributed by atoms with Crippen LogP contribution in [-0.2, 0) is 12.8 Å². The van der Waals surface area contributed by atoms with E-state index in [0.717, 1.165) is 66.6 Å². The molecule has 0 aliphatic rings. The highest BCUT2D eigenvalue weighted by Crippen LogP contribution is 2.35. The smallest absolute Gasteiger partial charge is 0.129 e. The van der Waals surface area contributed by atoms with Crippen LogP contribution >= 0.6 is 0 Å². The highest BCUT2D eigenvalue weighted by atomic mass is 19.1. The largest absolute Gasteiger partial charge is 0.236 e. The Bertz CT molecular complexity index is 2030. The molecule has 0 spiro atoms. The van der Waals surface area contributed by atoms with Gasteiger partial charge in [0.15, 0.2) is 0 Å². The third-order valence-corrected chi connectivity index (χ3v) is 8.48. The molecule has 2 aromatic heterocycles. The molecule has 4 aromatic carbocycles. The van der Waals surface area contributed by atoms with Crippen LogP contribution < -0.4 is 0 Å². The summed E-state index contributed by atoms with van der Waals surface area (Å²) in [6.07, 6.45) is 4.45. The maximum atomic E-state index is 15.3. The molecule has 0 radical (unpaired) electrons. The van der Waals surface area contributed by atoms with Gasteiger partial charge in [-0.2, -0.15) is 0 Å². The standard InChI is InChI=1S/C36H32F2N4/c1-19-7-10-27-32(13-19)40-18-41-35(27)29-15-21(3)34(38)24(6)26(29)11-8-25-9-12-31-30(16-25)36(42-17-39-31)28-14-20(2)33(37)23(5)22(28)4/h7,9-10,12-18H,8,11H2,1-6H3. The van der Waals surface area contributed by atoms with Crippen LogP contribution in [0.25, 0.3) is 44.3 Å². The van der Waals surface area contributed by atoms with Crippen molar-refractivity contribution in [2.45, 2.75) is 54.4 Å². The fourth-order valence-electron chi connectivity index (χ4n) is 5.95. The number of aromatic nitrogens is 4. The van der Waals surface area contributed by atoms with Gasteiger partial charge in [0, 0.05) is 21.9 Å². The monoisotopic (exact) mass is 558 g/mol. The van der Waals surface area contributed by atoms with E-state index < -0.39 is 0 Å². The summed E-state index contributed by atoms with van der Waals surface area (Å²) in [5.41, 5.74) is 11.6. The van der Waals surface area contributed by atoms with Crippen molar-refractivity contribution in [3.05, 3.63) is 117 Å². The van der Waals surface area contributed by atoms with Gasteiger partial charge in [0.05, 0.1) is 22.4 Å². The summed E-state index contributed by atoms with van der Waals surface area (Å²) >= 11 is 0. The summed E-state index contributed by atoms with van der Waals surface area (Å²) < 4.78 is 29.9. The second-order valence-electron chi connectivity index (χ2n) is 11.3. The lowest BCUT2D eigenvalue weighted by Gasteiger charge is -2.17. The van der Waals surface area contributed by atoms with Crippen molar-refractivity contribution in [1.82, 2.24) is 19.9 Å². The van der Waals surface area contributed by atoms with E-state index in [1.807, 2.05) is 51.1 Å². The number of hydrogen-bond donors (Lipinski definition) is 0. The number of hydrogen-bond acceptors (Lipinski definition) is 4. The first kappa shape index (κ1) is 27.6. The molecule has 0 atom stereocenters. The summed E-state index contributed by atoms with van der Waals surface area (Å²) in [5, 5.41) is 1.86. The summed E-state index contributed by atoms with van der Waals surface area (Å²) in [6, 6.07) is 16.1. The van der Waals surface area contributed by atoms with E-state index in [9.17, 15) is 4.39 Å². The fourth-order valence-corrected chi connectivity index (χ4v) is 5.95. The highest BCUT2D eigenvalue weighted by Gasteiger charge is 2.19. The minimum Gasteiger partial charge on any atom is -0.236 e. The quantitative estimate of drug-likeness (QED) is 0.212. The van der Waals surface area contributed by atoms with Crippen molar-refractivity contribution >= 4 is 21.8 Å².